The van der Waals surface area contributed by atoms with Gasteiger partial charge in [0, 0.05) is 18.4 Å². The molecule has 11 heavy (non-hydrogen) atoms. The molecule has 0 radical (unpaired) electrons. The zero-order chi connectivity index (χ0) is 7.84. The largest absolute Gasteiger partial charge is 0.359 e. The third-order valence-electron chi connectivity index (χ3n) is 1.77. The number of aromatic amines is 1. The van der Waals surface area contributed by atoms with Crippen molar-refractivity contribution in [2.45, 2.75) is 19.9 Å². The fraction of sp³-hybridized carbons (Fsp3) is 0.375. The third-order valence-corrected chi connectivity index (χ3v) is 1.77. The number of hydrogen-bond acceptors (Lipinski definition) is 1. The first-order valence-corrected chi connectivity index (χ1v) is 3.79. The second-order valence-corrected chi connectivity index (χ2v) is 2.98. The molecule has 0 atom stereocenters. The third kappa shape index (κ3) is 0.926. The van der Waals surface area contributed by atoms with Gasteiger partial charge in [0.25, 0.3) is 0 Å². The molecule has 1 N–H and O–H groups in total. The van der Waals surface area contributed by atoms with Gasteiger partial charge in [-0.25, -0.2) is 0 Å². The highest BCUT2D eigenvalue weighted by atomic mass is 15.3. The van der Waals surface area contributed by atoms with E-state index in [4.69, 9.17) is 0 Å². The molecule has 0 amide bonds. The molecule has 0 unspecified atom stereocenters. The Bertz CT molecular complexity index is 327. The number of H-pyrrole nitrogens is 1. The Hall–Kier alpha value is -1.25. The van der Waals surface area contributed by atoms with Gasteiger partial charge in [0.05, 0.1) is 5.52 Å². The Morgan fingerprint density at radius 3 is 3.00 bits per heavy atom. The lowest BCUT2D eigenvalue weighted by atomic mass is 10.4. The van der Waals surface area contributed by atoms with E-state index in [1.807, 2.05) is 23.1 Å². The van der Waals surface area contributed by atoms with Crippen molar-refractivity contribution < 1.29 is 0 Å². The van der Waals surface area contributed by atoms with Crippen molar-refractivity contribution in [3.63, 3.8) is 0 Å². The topological polar surface area (TPSA) is 33.6 Å². The minimum Gasteiger partial charge on any atom is -0.359 e. The van der Waals surface area contributed by atoms with E-state index in [1.165, 1.54) is 0 Å². The Labute approximate surface area is 65.0 Å². The smallest absolute Gasteiger partial charge is 0.110 e. The summed E-state index contributed by atoms with van der Waals surface area (Å²) in [6.45, 7) is 4.23. The van der Waals surface area contributed by atoms with Gasteiger partial charge in [0.2, 0.25) is 0 Å². The molecule has 0 aromatic carbocycles. The van der Waals surface area contributed by atoms with Gasteiger partial charge in [0.1, 0.15) is 5.52 Å². The first kappa shape index (κ1) is 6.46. The molecule has 0 fully saturated rings. The molecule has 2 rings (SSSR count). The molecule has 58 valence electrons. The van der Waals surface area contributed by atoms with Crippen LogP contribution < -0.4 is 0 Å². The maximum absolute atomic E-state index is 4.36. The van der Waals surface area contributed by atoms with Crippen LogP contribution in [-0.2, 0) is 0 Å². The average molecular weight is 149 g/mol. The van der Waals surface area contributed by atoms with E-state index in [9.17, 15) is 0 Å². The summed E-state index contributed by atoms with van der Waals surface area (Å²) >= 11 is 0. The zero-order valence-electron chi connectivity index (χ0n) is 6.70. The molecule has 0 aliphatic heterocycles. The summed E-state index contributed by atoms with van der Waals surface area (Å²) in [5.41, 5.74) is 2.15. The second kappa shape index (κ2) is 2.12. The summed E-state index contributed by atoms with van der Waals surface area (Å²) in [5, 5.41) is 4.36. The van der Waals surface area contributed by atoms with Crippen LogP contribution in [0.3, 0.4) is 0 Å². The van der Waals surface area contributed by atoms with Crippen LogP contribution in [0.5, 0.6) is 0 Å². The number of aromatic nitrogens is 3. The number of nitrogens with zero attached hydrogens (tertiary/aromatic N) is 2. The highest BCUT2D eigenvalue weighted by Gasteiger charge is 2.02. The lowest BCUT2D eigenvalue weighted by Gasteiger charge is -2.02. The molecular weight excluding hydrogens is 138 g/mol. The Morgan fingerprint density at radius 2 is 2.36 bits per heavy atom. The van der Waals surface area contributed by atoms with E-state index in [0.29, 0.717) is 6.04 Å². The van der Waals surface area contributed by atoms with Gasteiger partial charge in [-0.15, -0.1) is 0 Å². The average Bonchev–Trinajstić information content (AvgIpc) is 2.40. The summed E-state index contributed by atoms with van der Waals surface area (Å²) in [6.07, 6.45) is 3.93. The predicted octanol–water partition coefficient (Wildman–Crippen LogP) is 1.95. The van der Waals surface area contributed by atoms with Crippen LogP contribution in [-0.4, -0.2) is 14.8 Å². The van der Waals surface area contributed by atoms with E-state index >= 15 is 0 Å². The van der Waals surface area contributed by atoms with Crippen molar-refractivity contribution in [1.82, 2.24) is 14.8 Å². The maximum Gasteiger partial charge on any atom is 0.110 e. The molecule has 2 aromatic rings. The van der Waals surface area contributed by atoms with E-state index < -0.39 is 0 Å². The minimum absolute atomic E-state index is 0.441. The Morgan fingerprint density at radius 1 is 1.55 bits per heavy atom. The molecule has 3 nitrogen and oxygen atoms in total. The Kier molecular flexibility index (Phi) is 1.24. The van der Waals surface area contributed by atoms with Crippen molar-refractivity contribution in [3.05, 3.63) is 18.5 Å². The van der Waals surface area contributed by atoms with Crippen molar-refractivity contribution in [1.29, 1.82) is 0 Å². The van der Waals surface area contributed by atoms with Crippen LogP contribution in [0.15, 0.2) is 18.5 Å². The second-order valence-electron chi connectivity index (χ2n) is 2.98. The lowest BCUT2D eigenvalue weighted by molar-refractivity contribution is 0.537. The first-order chi connectivity index (χ1) is 5.27. The zero-order valence-corrected chi connectivity index (χ0v) is 6.70. The van der Waals surface area contributed by atoms with Crippen LogP contribution >= 0.6 is 0 Å². The summed E-state index contributed by atoms with van der Waals surface area (Å²) < 4.78 is 1.96. The summed E-state index contributed by atoms with van der Waals surface area (Å²) in [6, 6.07) is 2.42. The number of rotatable bonds is 1. The van der Waals surface area contributed by atoms with E-state index in [0.717, 1.165) is 11.0 Å². The van der Waals surface area contributed by atoms with Crippen LogP contribution in [0.4, 0.5) is 0 Å². The number of fused-ring (bicyclic) bond motifs is 1. The van der Waals surface area contributed by atoms with Crippen LogP contribution in [0, 0.1) is 0 Å². The molecule has 0 saturated carbocycles. The molecule has 0 bridgehead atoms. The van der Waals surface area contributed by atoms with Gasteiger partial charge in [-0.05, 0) is 19.9 Å². The van der Waals surface area contributed by atoms with Crippen molar-refractivity contribution in [2.24, 2.45) is 0 Å². The fourth-order valence-corrected chi connectivity index (χ4v) is 1.11. The molecule has 0 aliphatic carbocycles. The van der Waals surface area contributed by atoms with Crippen LogP contribution in [0.2, 0.25) is 0 Å². The minimum atomic E-state index is 0.441. The number of nitrogens with one attached hydrogen (secondary N) is 1. The highest BCUT2D eigenvalue weighted by molar-refractivity contribution is 5.73. The fourth-order valence-electron chi connectivity index (χ4n) is 1.11. The van der Waals surface area contributed by atoms with Crippen molar-refractivity contribution in [2.75, 3.05) is 0 Å². The van der Waals surface area contributed by atoms with Gasteiger partial charge in [-0.2, -0.15) is 5.10 Å². The van der Waals surface area contributed by atoms with Crippen molar-refractivity contribution >= 4 is 11.0 Å². The standard InChI is InChI=1S/C8H11N3/c1-6(2)11-5-8-7(10-11)3-4-9-8/h3-6,9H,1-2H3. The monoisotopic (exact) mass is 149 g/mol. The molecule has 0 aliphatic rings. The van der Waals surface area contributed by atoms with E-state index in [2.05, 4.69) is 23.9 Å². The lowest BCUT2D eigenvalue weighted by Crippen LogP contribution is -1.99. The molecule has 2 heterocycles. The molecular formula is C8H11N3. The van der Waals surface area contributed by atoms with Gasteiger partial charge in [0.15, 0.2) is 0 Å². The predicted molar refractivity (Wildman–Crippen MR) is 44.5 cm³/mol. The first-order valence-electron chi connectivity index (χ1n) is 3.79. The van der Waals surface area contributed by atoms with Crippen molar-refractivity contribution in [3.8, 4) is 0 Å². The van der Waals surface area contributed by atoms with Gasteiger partial charge in [-0.1, -0.05) is 0 Å². The normalized spacial score (nSPS) is 11.5. The summed E-state index contributed by atoms with van der Waals surface area (Å²) in [4.78, 5) is 3.11. The van der Waals surface area contributed by atoms with Gasteiger partial charge < -0.3 is 4.98 Å². The number of hydrogen-bond donors (Lipinski definition) is 1. The Balaban J connectivity index is 2.58. The van der Waals surface area contributed by atoms with Gasteiger partial charge >= 0.3 is 0 Å². The molecule has 2 aromatic heterocycles. The summed E-state index contributed by atoms with van der Waals surface area (Å²) in [5.74, 6) is 0. The SMILES string of the molecule is CC(C)n1cc2[nH]ccc2n1. The van der Waals surface area contributed by atoms with E-state index in [1.54, 1.807) is 0 Å². The maximum atomic E-state index is 4.36. The molecule has 0 saturated heterocycles. The summed E-state index contributed by atoms with van der Waals surface area (Å²) in [7, 11) is 0. The molecule has 3 heteroatoms. The van der Waals surface area contributed by atoms with Gasteiger partial charge in [-0.3, -0.25) is 4.68 Å². The van der Waals surface area contributed by atoms with Crippen LogP contribution in [0.25, 0.3) is 11.0 Å². The highest BCUT2D eigenvalue weighted by Crippen LogP contribution is 2.12. The van der Waals surface area contributed by atoms with Crippen LogP contribution in [0.1, 0.15) is 19.9 Å². The van der Waals surface area contributed by atoms with E-state index in [-0.39, 0.29) is 0 Å². The quantitative estimate of drug-likeness (QED) is 0.660. The molecule has 0 spiro atoms.